The first kappa shape index (κ1) is 24.2. The summed E-state index contributed by atoms with van der Waals surface area (Å²) < 4.78 is 13.5. The largest absolute Gasteiger partial charge is 0.347 e. The molecule has 0 radical (unpaired) electrons. The average Bonchev–Trinajstić information content (AvgIpc) is 3.23. The number of benzene rings is 3. The van der Waals surface area contributed by atoms with E-state index in [0.29, 0.717) is 23.3 Å². The highest BCUT2D eigenvalue weighted by molar-refractivity contribution is 6.03. The second-order valence-electron chi connectivity index (χ2n) is 9.24. The van der Waals surface area contributed by atoms with Gasteiger partial charge in [-0.1, -0.05) is 72.8 Å². The van der Waals surface area contributed by atoms with Crippen molar-refractivity contribution in [2.45, 2.75) is 18.5 Å². The Morgan fingerprint density at radius 1 is 1.00 bits per heavy atom. The normalized spacial score (nSPS) is 17.9. The number of amides is 4. The van der Waals surface area contributed by atoms with Crippen LogP contribution in [0.4, 0.5) is 9.18 Å². The maximum atomic E-state index is 13.5. The van der Waals surface area contributed by atoms with E-state index >= 15 is 0 Å². The molecule has 0 aliphatic carbocycles. The third-order valence-corrected chi connectivity index (χ3v) is 6.79. The molecule has 0 spiro atoms. The Bertz CT molecular complexity index is 1340. The number of hydrogen-bond acceptors (Lipinski definition) is 3. The summed E-state index contributed by atoms with van der Waals surface area (Å²) in [6, 6.07) is 23.9. The Morgan fingerprint density at radius 3 is 2.32 bits per heavy atom. The summed E-state index contributed by atoms with van der Waals surface area (Å²) in [6.07, 6.45) is 0.604. The first-order chi connectivity index (χ1) is 17.9. The van der Waals surface area contributed by atoms with Gasteiger partial charge in [0.1, 0.15) is 12.4 Å². The SMILES string of the molecule is CN1C(=O)N[C@@H](c2ccc(F)cc2)C2=C1CN(CC(=O)N[C@H](Cc1ccccc1)c1ccccc1)C2=O. The highest BCUT2D eigenvalue weighted by Gasteiger charge is 2.43. The smallest absolute Gasteiger partial charge is 0.322 e. The Kier molecular flexibility index (Phi) is 6.72. The second-order valence-corrected chi connectivity index (χ2v) is 9.24. The summed E-state index contributed by atoms with van der Waals surface area (Å²) >= 11 is 0. The molecule has 2 atom stereocenters. The van der Waals surface area contributed by atoms with Crippen molar-refractivity contribution in [2.24, 2.45) is 0 Å². The molecule has 2 heterocycles. The van der Waals surface area contributed by atoms with Gasteiger partial charge in [-0.15, -0.1) is 0 Å². The Hall–Kier alpha value is -4.46. The predicted molar refractivity (Wildman–Crippen MR) is 137 cm³/mol. The van der Waals surface area contributed by atoms with Crippen molar-refractivity contribution in [1.82, 2.24) is 20.4 Å². The van der Waals surface area contributed by atoms with E-state index in [1.54, 1.807) is 19.2 Å². The molecule has 7 nitrogen and oxygen atoms in total. The Morgan fingerprint density at radius 2 is 1.65 bits per heavy atom. The van der Waals surface area contributed by atoms with E-state index in [0.717, 1.165) is 11.1 Å². The molecule has 0 aromatic heterocycles. The molecule has 37 heavy (non-hydrogen) atoms. The number of halogens is 1. The van der Waals surface area contributed by atoms with Crippen LogP contribution in [-0.2, 0) is 16.0 Å². The zero-order valence-corrected chi connectivity index (χ0v) is 20.4. The van der Waals surface area contributed by atoms with Crippen LogP contribution in [0.15, 0.2) is 96.2 Å². The van der Waals surface area contributed by atoms with Crippen molar-refractivity contribution < 1.29 is 18.8 Å². The number of rotatable bonds is 7. The Labute approximate surface area is 214 Å². The van der Waals surface area contributed by atoms with Gasteiger partial charge in [0.2, 0.25) is 5.91 Å². The van der Waals surface area contributed by atoms with E-state index in [-0.39, 0.29) is 37.0 Å². The van der Waals surface area contributed by atoms with Crippen LogP contribution < -0.4 is 10.6 Å². The van der Waals surface area contributed by atoms with Gasteiger partial charge in [-0.2, -0.15) is 0 Å². The molecule has 8 heteroatoms. The zero-order chi connectivity index (χ0) is 25.9. The van der Waals surface area contributed by atoms with E-state index in [2.05, 4.69) is 10.6 Å². The summed E-state index contributed by atoms with van der Waals surface area (Å²) in [5, 5.41) is 5.91. The summed E-state index contributed by atoms with van der Waals surface area (Å²) in [5.74, 6) is -1.03. The van der Waals surface area contributed by atoms with Crippen LogP contribution in [0.5, 0.6) is 0 Å². The number of hydrogen-bond donors (Lipinski definition) is 2. The highest BCUT2D eigenvalue weighted by atomic mass is 19.1. The molecule has 3 aromatic carbocycles. The summed E-state index contributed by atoms with van der Waals surface area (Å²) in [4.78, 5) is 42.1. The van der Waals surface area contributed by atoms with Crippen LogP contribution in [0.3, 0.4) is 0 Å². The molecule has 5 rings (SSSR count). The zero-order valence-electron chi connectivity index (χ0n) is 20.4. The van der Waals surface area contributed by atoms with Gasteiger partial charge in [0.05, 0.1) is 29.9 Å². The van der Waals surface area contributed by atoms with Crippen molar-refractivity contribution in [3.05, 3.63) is 119 Å². The van der Waals surface area contributed by atoms with Crippen LogP contribution in [0.2, 0.25) is 0 Å². The fourth-order valence-electron chi connectivity index (χ4n) is 4.86. The van der Waals surface area contributed by atoms with Gasteiger partial charge in [0.15, 0.2) is 0 Å². The maximum Gasteiger partial charge on any atom is 0.322 e. The van der Waals surface area contributed by atoms with Crippen LogP contribution in [0, 0.1) is 5.82 Å². The van der Waals surface area contributed by atoms with Crippen molar-refractivity contribution in [1.29, 1.82) is 0 Å². The van der Waals surface area contributed by atoms with Gasteiger partial charge >= 0.3 is 6.03 Å². The van der Waals surface area contributed by atoms with Crippen LogP contribution in [-0.4, -0.2) is 47.8 Å². The molecule has 0 saturated heterocycles. The number of carbonyl (C=O) groups is 3. The number of carbonyl (C=O) groups excluding carboxylic acids is 3. The van der Waals surface area contributed by atoms with Crippen molar-refractivity contribution in [3.63, 3.8) is 0 Å². The lowest BCUT2D eigenvalue weighted by Gasteiger charge is -2.31. The molecule has 0 fully saturated rings. The van der Waals surface area contributed by atoms with E-state index < -0.39 is 11.9 Å². The number of likely N-dealkylation sites (N-methyl/N-ethyl adjacent to an activating group) is 1. The van der Waals surface area contributed by atoms with Crippen LogP contribution >= 0.6 is 0 Å². The number of nitrogens with zero attached hydrogens (tertiary/aromatic N) is 2. The van der Waals surface area contributed by atoms with Gasteiger partial charge < -0.3 is 15.5 Å². The average molecular weight is 499 g/mol. The highest BCUT2D eigenvalue weighted by Crippen LogP contribution is 2.35. The lowest BCUT2D eigenvalue weighted by molar-refractivity contribution is -0.132. The molecule has 0 saturated carbocycles. The summed E-state index contributed by atoms with van der Waals surface area (Å²) in [5.41, 5.74) is 3.59. The molecule has 188 valence electrons. The molecule has 2 N–H and O–H groups in total. The molecule has 0 unspecified atom stereocenters. The third kappa shape index (κ3) is 5.09. The minimum Gasteiger partial charge on any atom is -0.347 e. The summed E-state index contributed by atoms with van der Waals surface area (Å²) in [7, 11) is 1.59. The van der Waals surface area contributed by atoms with Gasteiger partial charge in [-0.05, 0) is 35.2 Å². The number of urea groups is 1. The first-order valence-electron chi connectivity index (χ1n) is 12.1. The van der Waals surface area contributed by atoms with E-state index in [1.165, 1.54) is 21.9 Å². The predicted octanol–water partition coefficient (Wildman–Crippen LogP) is 3.72. The minimum absolute atomic E-state index is 0.137. The van der Waals surface area contributed by atoms with Crippen molar-refractivity contribution >= 4 is 17.8 Å². The van der Waals surface area contributed by atoms with Crippen LogP contribution in [0.1, 0.15) is 28.8 Å². The lowest BCUT2D eigenvalue weighted by Crippen LogP contribution is -2.45. The van der Waals surface area contributed by atoms with E-state index in [1.807, 2.05) is 60.7 Å². The lowest BCUT2D eigenvalue weighted by atomic mass is 9.96. The van der Waals surface area contributed by atoms with Gasteiger partial charge in [0.25, 0.3) is 5.91 Å². The standard InChI is InChI=1S/C29H27FN4O3/c1-33-24-17-34(28(36)26(24)27(32-29(33)37)21-12-14-22(30)15-13-21)18-25(35)31-23(20-10-6-3-7-11-20)16-19-8-4-2-5-9-19/h2-15,23,27H,16-18H2,1H3,(H,31,35)(H,32,37)/t23-,27+/m1/s1. The van der Waals surface area contributed by atoms with Gasteiger partial charge in [-0.25, -0.2) is 9.18 Å². The molecule has 3 aromatic rings. The minimum atomic E-state index is -0.713. The number of nitrogens with one attached hydrogen (secondary N) is 2. The maximum absolute atomic E-state index is 13.5. The van der Waals surface area contributed by atoms with Gasteiger partial charge in [-0.3, -0.25) is 14.5 Å². The van der Waals surface area contributed by atoms with Gasteiger partial charge in [0, 0.05) is 7.05 Å². The molecule has 4 amide bonds. The fraction of sp³-hybridized carbons (Fsp3) is 0.207. The molecule has 2 aliphatic heterocycles. The molecule has 2 aliphatic rings. The monoisotopic (exact) mass is 498 g/mol. The second kappa shape index (κ2) is 10.3. The summed E-state index contributed by atoms with van der Waals surface area (Å²) in [6.45, 7) is -0.0139. The fourth-order valence-corrected chi connectivity index (χ4v) is 4.86. The van der Waals surface area contributed by atoms with Crippen molar-refractivity contribution in [3.8, 4) is 0 Å². The molecular weight excluding hydrogens is 471 g/mol. The Balaban J connectivity index is 1.33. The van der Waals surface area contributed by atoms with Crippen LogP contribution in [0.25, 0.3) is 0 Å². The first-order valence-corrected chi connectivity index (χ1v) is 12.1. The van der Waals surface area contributed by atoms with Crippen molar-refractivity contribution in [2.75, 3.05) is 20.1 Å². The topological polar surface area (TPSA) is 81.8 Å². The quantitative estimate of drug-likeness (QED) is 0.521. The van der Waals surface area contributed by atoms with E-state index in [9.17, 15) is 18.8 Å². The van der Waals surface area contributed by atoms with E-state index in [4.69, 9.17) is 0 Å². The third-order valence-electron chi connectivity index (χ3n) is 6.79. The molecular formula is C29H27FN4O3. The molecule has 0 bridgehead atoms.